The number of pyridine rings is 1. The van der Waals surface area contributed by atoms with E-state index in [2.05, 4.69) is 10.3 Å². The maximum Gasteiger partial charge on any atom is 0.317 e. The fraction of sp³-hybridized carbons (Fsp3) is 0.478. The van der Waals surface area contributed by atoms with E-state index in [4.69, 9.17) is 16.3 Å². The van der Waals surface area contributed by atoms with Gasteiger partial charge in [0.25, 0.3) is 11.8 Å². The molecule has 364 valence electrons. The van der Waals surface area contributed by atoms with E-state index in [1.54, 1.807) is 49.9 Å². The van der Waals surface area contributed by atoms with E-state index in [-0.39, 0.29) is 69.9 Å². The molecule has 3 aliphatic heterocycles. The van der Waals surface area contributed by atoms with E-state index in [0.717, 1.165) is 10.5 Å². The molecule has 0 spiro atoms. The number of nitrogens with zero attached hydrogens (tertiary/aromatic N) is 8. The maximum atomic E-state index is 13.9. The molecule has 0 aliphatic carbocycles. The molecular weight excluding hydrogens is 912 g/mol. The molecule has 4 N–H and O–H groups in total. The van der Waals surface area contributed by atoms with Crippen molar-refractivity contribution in [2.45, 2.75) is 37.3 Å². The van der Waals surface area contributed by atoms with Gasteiger partial charge in [0, 0.05) is 96.3 Å². The zero-order valence-electron chi connectivity index (χ0n) is 37.3. The normalized spacial score (nSPS) is 19.5. The number of likely N-dealkylation sites (tertiary alicyclic amines) is 2. The molecule has 0 bridgehead atoms. The van der Waals surface area contributed by atoms with Crippen LogP contribution in [0.15, 0.2) is 48.7 Å². The Hall–Kier alpha value is -6.31. The van der Waals surface area contributed by atoms with Gasteiger partial charge in [-0.25, -0.2) is 8.78 Å². The fourth-order valence-electron chi connectivity index (χ4n) is 8.40. The summed E-state index contributed by atoms with van der Waals surface area (Å²) in [5, 5.41) is 41.1. The van der Waals surface area contributed by atoms with Crippen LogP contribution in [0.4, 0.5) is 8.78 Å². The Morgan fingerprint density at radius 3 is 1.84 bits per heavy atom. The van der Waals surface area contributed by atoms with Crippen LogP contribution >= 0.6 is 11.6 Å². The van der Waals surface area contributed by atoms with E-state index in [9.17, 15) is 58.1 Å². The summed E-state index contributed by atoms with van der Waals surface area (Å²) >= 11 is 6.58. The third kappa shape index (κ3) is 14.8. The van der Waals surface area contributed by atoms with Gasteiger partial charge in [0.05, 0.1) is 61.4 Å². The number of halogens is 3. The molecule has 1 aromatic heterocycles. The number of carbonyl (C=O) groups is 6. The first-order valence-electron chi connectivity index (χ1n) is 22.2. The lowest BCUT2D eigenvalue weighted by Crippen LogP contribution is -2.51. The predicted molar refractivity (Wildman–Crippen MR) is 244 cm³/mol. The molecule has 3 fully saturated rings. The van der Waals surface area contributed by atoms with Crippen LogP contribution in [0, 0.1) is 11.3 Å². The average molecular weight is 966 g/mol. The number of nitrogens with one attached hydrogen (secondary N) is 1. The molecule has 1 atom stereocenters. The van der Waals surface area contributed by atoms with Crippen LogP contribution < -0.4 is 10.1 Å². The Morgan fingerprint density at radius 2 is 1.29 bits per heavy atom. The number of aromatic nitrogens is 1. The Labute approximate surface area is 396 Å². The molecule has 22 heteroatoms. The number of carboxylic acid groups (broad SMARTS) is 3. The number of nitriles is 1. The number of fused-ring (bicyclic) bond motifs is 1. The Balaban J connectivity index is 1.04. The van der Waals surface area contributed by atoms with Crippen molar-refractivity contribution in [2.24, 2.45) is 0 Å². The highest BCUT2D eigenvalue weighted by molar-refractivity contribution is 6.32. The number of aliphatic carboxylic acids is 3. The first-order valence-corrected chi connectivity index (χ1v) is 22.5. The molecule has 3 amide bonds. The largest absolute Gasteiger partial charge is 0.489 e. The second-order valence-electron chi connectivity index (χ2n) is 17.1. The van der Waals surface area contributed by atoms with Gasteiger partial charge >= 0.3 is 17.9 Å². The summed E-state index contributed by atoms with van der Waals surface area (Å²) in [6.07, 6.45) is 5.16. The van der Waals surface area contributed by atoms with E-state index in [1.165, 1.54) is 12.3 Å². The van der Waals surface area contributed by atoms with E-state index >= 15 is 0 Å². The van der Waals surface area contributed by atoms with Crippen LogP contribution in [0.5, 0.6) is 5.75 Å². The number of amides is 3. The monoisotopic (exact) mass is 965 g/mol. The summed E-state index contributed by atoms with van der Waals surface area (Å²) in [7, 11) is 0. The van der Waals surface area contributed by atoms with Crippen molar-refractivity contribution < 1.29 is 57.6 Å². The Morgan fingerprint density at radius 1 is 0.765 bits per heavy atom. The number of hydrogen-bond acceptors (Lipinski definition) is 13. The van der Waals surface area contributed by atoms with Crippen LogP contribution in [-0.2, 0) is 24.0 Å². The molecule has 0 radical (unpaired) electrons. The van der Waals surface area contributed by atoms with Crippen molar-refractivity contribution >= 4 is 70.3 Å². The quantitative estimate of drug-likeness (QED) is 0.160. The summed E-state index contributed by atoms with van der Waals surface area (Å²) in [4.78, 5) is 88.3. The third-order valence-electron chi connectivity index (χ3n) is 12.0. The highest BCUT2D eigenvalue weighted by Gasteiger charge is 2.47. The van der Waals surface area contributed by atoms with Gasteiger partial charge in [0.2, 0.25) is 11.8 Å². The molecule has 68 heavy (non-hydrogen) atoms. The van der Waals surface area contributed by atoms with Crippen LogP contribution in [0.2, 0.25) is 5.02 Å². The molecule has 4 heterocycles. The Kier molecular flexibility index (Phi) is 17.7. The topological polar surface area (TPSA) is 240 Å². The number of benzene rings is 2. The van der Waals surface area contributed by atoms with Gasteiger partial charge in [-0.2, -0.15) is 5.26 Å². The molecule has 0 saturated carbocycles. The van der Waals surface area contributed by atoms with Crippen LogP contribution in [-0.4, -0.2) is 208 Å². The number of carbonyl (C=O) groups excluding carboxylic acids is 3. The summed E-state index contributed by atoms with van der Waals surface area (Å²) < 4.78 is 34.1. The lowest BCUT2D eigenvalue weighted by molar-refractivity contribution is -0.141. The molecule has 0 unspecified atom stereocenters. The van der Waals surface area contributed by atoms with Crippen LogP contribution in [0.1, 0.15) is 40.7 Å². The lowest BCUT2D eigenvalue weighted by atomic mass is 10.0. The minimum absolute atomic E-state index is 0.0388. The van der Waals surface area contributed by atoms with Crippen molar-refractivity contribution in [1.29, 1.82) is 5.26 Å². The van der Waals surface area contributed by atoms with Gasteiger partial charge in [-0.1, -0.05) is 35.9 Å². The minimum Gasteiger partial charge on any atom is -0.489 e. The molecular formula is C46H54ClF2N9O10. The summed E-state index contributed by atoms with van der Waals surface area (Å²) in [5.74, 6) is -7.36. The van der Waals surface area contributed by atoms with Gasteiger partial charge in [0.15, 0.2) is 0 Å². The molecule has 2 aromatic carbocycles. The zero-order valence-corrected chi connectivity index (χ0v) is 38.0. The van der Waals surface area contributed by atoms with Gasteiger partial charge in [-0.05, 0) is 41.5 Å². The van der Waals surface area contributed by atoms with Crippen molar-refractivity contribution in [3.8, 4) is 11.8 Å². The summed E-state index contributed by atoms with van der Waals surface area (Å²) in [5.41, 5.74) is 2.20. The first kappa shape index (κ1) is 51.1. The summed E-state index contributed by atoms with van der Waals surface area (Å²) in [6.45, 7) is 1.00. The molecule has 6 rings (SSSR count). The van der Waals surface area contributed by atoms with Gasteiger partial charge in [-0.3, -0.25) is 53.4 Å². The first-order chi connectivity index (χ1) is 32.4. The van der Waals surface area contributed by atoms with Crippen LogP contribution in [0.3, 0.4) is 0 Å². The molecule has 19 nitrogen and oxygen atoms in total. The smallest absolute Gasteiger partial charge is 0.317 e. The predicted octanol–water partition coefficient (Wildman–Crippen LogP) is 2.39. The molecule has 3 aliphatic rings. The maximum absolute atomic E-state index is 13.9. The van der Waals surface area contributed by atoms with Crippen LogP contribution in [0.25, 0.3) is 23.1 Å². The average Bonchev–Trinajstić information content (AvgIpc) is 3.62. The minimum atomic E-state index is -3.18. The SMILES string of the molecule is N#C[C@@H]1CC(F)(F)CN1C(=O)CNC(=O)c1ccnc2ccc(/C=C/c3ccc(Cl)c(OC4CCN(C(=O)CN5CCN(CC(=O)O)CCN(CC(=O)O)CCN(CC(=O)O)CC5)CC4)c3)cc12. The second-order valence-corrected chi connectivity index (χ2v) is 17.5. The van der Waals surface area contributed by atoms with Gasteiger partial charge in [-0.15, -0.1) is 0 Å². The second kappa shape index (κ2) is 23.6. The fourth-order valence-corrected chi connectivity index (χ4v) is 8.56. The zero-order chi connectivity index (χ0) is 49.0. The lowest BCUT2D eigenvalue weighted by Gasteiger charge is -2.35. The third-order valence-corrected chi connectivity index (χ3v) is 12.3. The molecule has 3 saturated heterocycles. The van der Waals surface area contributed by atoms with Crippen molar-refractivity contribution in [3.63, 3.8) is 0 Å². The van der Waals surface area contributed by atoms with Crippen molar-refractivity contribution in [3.05, 3.63) is 70.4 Å². The highest BCUT2D eigenvalue weighted by Crippen LogP contribution is 2.32. The van der Waals surface area contributed by atoms with E-state index in [0.29, 0.717) is 79.3 Å². The summed E-state index contributed by atoms with van der Waals surface area (Å²) in [6, 6.07) is 12.6. The van der Waals surface area contributed by atoms with E-state index in [1.807, 2.05) is 29.2 Å². The number of alkyl halides is 2. The number of ether oxygens (including phenoxy) is 1. The Bertz CT molecular complexity index is 2380. The number of hydrogen-bond donors (Lipinski definition) is 4. The number of carboxylic acids is 3. The van der Waals surface area contributed by atoms with Gasteiger partial charge < -0.3 is 35.2 Å². The number of rotatable bonds is 15. The van der Waals surface area contributed by atoms with Gasteiger partial charge in [0.1, 0.15) is 17.9 Å². The number of piperidine rings is 1. The highest BCUT2D eigenvalue weighted by atomic mass is 35.5. The van der Waals surface area contributed by atoms with Crippen molar-refractivity contribution in [1.82, 2.24) is 39.7 Å². The standard InChI is InChI=1S/C46H54ClF2N9O10/c47-37-5-3-32(2-1-31-4-6-38-36(21-31)35(7-10-51-38)45(67)52-25-40(59)58-30-46(48,49)23-33(58)24-50)22-39(37)68-34-8-11-57(12-9-34)41(60)26-53-13-15-54(27-42(61)62)17-19-56(29-44(65)66)20-18-55(16-14-53)28-43(63)64/h1-7,10,21-22,33-34H,8-9,11-20,23,25-30H2,(H,52,67)(H,61,62)(H,63,64)(H,65,66)/b2-1+/t33-/m0/s1. The van der Waals surface area contributed by atoms with E-state index < -0.39 is 61.2 Å². The van der Waals surface area contributed by atoms with Crippen molar-refractivity contribution in [2.75, 3.05) is 105 Å². The molecule has 3 aromatic rings.